The average Bonchev–Trinajstić information content (AvgIpc) is 2.45. The van der Waals surface area contributed by atoms with Gasteiger partial charge >= 0.3 is 0 Å². The Balaban J connectivity index is 0.00000264. The van der Waals surface area contributed by atoms with E-state index >= 15 is 0 Å². The summed E-state index contributed by atoms with van der Waals surface area (Å²) < 4.78 is 26.1. The summed E-state index contributed by atoms with van der Waals surface area (Å²) in [5, 5.41) is 5.92. The highest BCUT2D eigenvalue weighted by atomic mass is 35.5. The van der Waals surface area contributed by atoms with E-state index in [1.165, 1.54) is 4.31 Å². The van der Waals surface area contributed by atoms with Gasteiger partial charge in [-0.1, -0.05) is 26.0 Å². The Hall–Kier alpha value is -1.15. The van der Waals surface area contributed by atoms with Crippen LogP contribution in [0, 0.1) is 5.92 Å². The molecule has 1 saturated heterocycles. The summed E-state index contributed by atoms with van der Waals surface area (Å²) in [6, 6.07) is 6.69. The lowest BCUT2D eigenvalue weighted by Gasteiger charge is -2.25. The Morgan fingerprint density at radius 2 is 1.78 bits per heavy atom. The highest BCUT2D eigenvalue weighted by molar-refractivity contribution is 7.89. The zero-order valence-corrected chi connectivity index (χ0v) is 15.0. The summed E-state index contributed by atoms with van der Waals surface area (Å²) >= 11 is 0. The maximum Gasteiger partial charge on any atom is 0.243 e. The molecule has 1 aromatic rings. The molecule has 0 atom stereocenters. The fourth-order valence-electron chi connectivity index (χ4n) is 2.30. The van der Waals surface area contributed by atoms with Gasteiger partial charge in [0.1, 0.15) is 0 Å². The van der Waals surface area contributed by atoms with E-state index in [1.807, 2.05) is 13.8 Å². The molecule has 0 spiro atoms. The first kappa shape index (κ1) is 19.9. The highest BCUT2D eigenvalue weighted by Gasteiger charge is 2.24. The fraction of sp³-hybridized carbons (Fsp3) is 0.533. The first-order valence-corrected chi connectivity index (χ1v) is 9.00. The van der Waals surface area contributed by atoms with Crippen LogP contribution in [0.5, 0.6) is 0 Å². The van der Waals surface area contributed by atoms with Crippen LogP contribution in [0.4, 0.5) is 0 Å². The topological polar surface area (TPSA) is 78.5 Å². The molecule has 0 aromatic heterocycles. The molecule has 0 unspecified atom stereocenters. The molecule has 8 heteroatoms. The number of hydrogen-bond donors (Lipinski definition) is 2. The third-order valence-electron chi connectivity index (χ3n) is 3.89. The van der Waals surface area contributed by atoms with Crippen molar-refractivity contribution in [1.82, 2.24) is 14.9 Å². The molecule has 130 valence electrons. The van der Waals surface area contributed by atoms with Gasteiger partial charge in [-0.3, -0.25) is 4.79 Å². The molecule has 0 radical (unpaired) electrons. The average molecular weight is 362 g/mol. The van der Waals surface area contributed by atoms with E-state index in [4.69, 9.17) is 0 Å². The van der Waals surface area contributed by atoms with Crippen molar-refractivity contribution in [2.24, 2.45) is 5.92 Å². The Morgan fingerprint density at radius 1 is 1.22 bits per heavy atom. The molecule has 23 heavy (non-hydrogen) atoms. The molecule has 2 rings (SSSR count). The Labute approximate surface area is 144 Å². The molecule has 1 aromatic carbocycles. The first-order valence-electron chi connectivity index (χ1n) is 7.56. The van der Waals surface area contributed by atoms with Crippen LogP contribution in [0.1, 0.15) is 19.4 Å². The molecule has 1 fully saturated rings. The molecule has 0 aliphatic carbocycles. The van der Waals surface area contributed by atoms with Crippen LogP contribution < -0.4 is 10.6 Å². The number of rotatable bonds is 7. The SMILES string of the molecule is CCN(CC)S(=O)(=O)c1ccc(CNC(=O)C2CNC2)cc1.Cl. The zero-order chi connectivity index (χ0) is 16.2. The smallest absolute Gasteiger partial charge is 0.243 e. The molecule has 1 aliphatic heterocycles. The largest absolute Gasteiger partial charge is 0.352 e. The van der Waals surface area contributed by atoms with Crippen molar-refractivity contribution in [2.75, 3.05) is 26.2 Å². The van der Waals surface area contributed by atoms with E-state index in [1.54, 1.807) is 24.3 Å². The van der Waals surface area contributed by atoms with Crippen molar-refractivity contribution in [2.45, 2.75) is 25.3 Å². The van der Waals surface area contributed by atoms with Crippen LogP contribution in [0.3, 0.4) is 0 Å². The maximum atomic E-state index is 12.4. The van der Waals surface area contributed by atoms with Gasteiger partial charge in [-0.2, -0.15) is 4.31 Å². The predicted octanol–water partition coefficient (Wildman–Crippen LogP) is 0.975. The second-order valence-corrected chi connectivity index (χ2v) is 7.24. The molecule has 2 N–H and O–H groups in total. The standard InChI is InChI=1S/C15H23N3O3S.ClH/c1-3-18(4-2)22(20,21)14-7-5-12(6-8-14)9-17-15(19)13-10-16-11-13;/h5-8,13,16H,3-4,9-11H2,1-2H3,(H,17,19);1H. The van der Waals surface area contributed by atoms with Crippen molar-refractivity contribution in [3.63, 3.8) is 0 Å². The molecule has 0 bridgehead atoms. The number of amides is 1. The number of hydrogen-bond acceptors (Lipinski definition) is 4. The van der Waals surface area contributed by atoms with E-state index in [-0.39, 0.29) is 29.1 Å². The Bertz CT molecular complexity index is 611. The molecule has 6 nitrogen and oxygen atoms in total. The summed E-state index contributed by atoms with van der Waals surface area (Å²) in [7, 11) is -3.42. The zero-order valence-electron chi connectivity index (χ0n) is 13.4. The maximum absolute atomic E-state index is 12.4. The normalized spacial score (nSPS) is 14.9. The van der Waals surface area contributed by atoms with E-state index in [0.29, 0.717) is 19.6 Å². The van der Waals surface area contributed by atoms with Crippen LogP contribution >= 0.6 is 12.4 Å². The Kier molecular flexibility index (Phi) is 7.47. The number of sulfonamides is 1. The van der Waals surface area contributed by atoms with Gasteiger partial charge in [0, 0.05) is 32.7 Å². The summed E-state index contributed by atoms with van der Waals surface area (Å²) in [4.78, 5) is 12.0. The minimum atomic E-state index is -3.42. The fourth-order valence-corrected chi connectivity index (χ4v) is 3.76. The third kappa shape index (κ3) is 4.67. The molecular weight excluding hydrogens is 338 g/mol. The lowest BCUT2D eigenvalue weighted by molar-refractivity contribution is -0.126. The van der Waals surface area contributed by atoms with Crippen molar-refractivity contribution in [1.29, 1.82) is 0 Å². The molecule has 1 aliphatic rings. The highest BCUT2D eigenvalue weighted by Crippen LogP contribution is 2.16. The number of benzene rings is 1. The van der Waals surface area contributed by atoms with Crippen LogP contribution in [0.25, 0.3) is 0 Å². The summed E-state index contributed by atoms with van der Waals surface area (Å²) in [5.74, 6) is 0.0981. The number of nitrogens with zero attached hydrogens (tertiary/aromatic N) is 1. The van der Waals surface area contributed by atoms with Crippen LogP contribution in [0.2, 0.25) is 0 Å². The monoisotopic (exact) mass is 361 g/mol. The third-order valence-corrected chi connectivity index (χ3v) is 5.95. The summed E-state index contributed by atoms with van der Waals surface area (Å²) in [6.45, 7) is 6.42. The van der Waals surface area contributed by atoms with Crippen LogP contribution in [-0.4, -0.2) is 44.8 Å². The van der Waals surface area contributed by atoms with Gasteiger partial charge in [0.05, 0.1) is 10.8 Å². The van der Waals surface area contributed by atoms with Gasteiger partial charge in [0.25, 0.3) is 0 Å². The van der Waals surface area contributed by atoms with E-state index in [9.17, 15) is 13.2 Å². The number of halogens is 1. The lowest BCUT2D eigenvalue weighted by Crippen LogP contribution is -2.50. The molecular formula is C15H24ClN3O3S. The minimum absolute atomic E-state index is 0. The van der Waals surface area contributed by atoms with E-state index in [0.717, 1.165) is 18.7 Å². The van der Waals surface area contributed by atoms with Crippen LogP contribution in [0.15, 0.2) is 29.2 Å². The van der Waals surface area contributed by atoms with Gasteiger partial charge in [-0.05, 0) is 17.7 Å². The van der Waals surface area contributed by atoms with E-state index < -0.39 is 10.0 Å². The van der Waals surface area contributed by atoms with E-state index in [2.05, 4.69) is 10.6 Å². The molecule has 1 heterocycles. The number of nitrogens with one attached hydrogen (secondary N) is 2. The van der Waals surface area contributed by atoms with Gasteiger partial charge in [0.2, 0.25) is 15.9 Å². The van der Waals surface area contributed by atoms with Crippen molar-refractivity contribution in [3.8, 4) is 0 Å². The molecule has 0 saturated carbocycles. The van der Waals surface area contributed by atoms with Crippen molar-refractivity contribution in [3.05, 3.63) is 29.8 Å². The predicted molar refractivity (Wildman–Crippen MR) is 92.0 cm³/mol. The minimum Gasteiger partial charge on any atom is -0.352 e. The first-order chi connectivity index (χ1) is 10.5. The Morgan fingerprint density at radius 3 is 2.22 bits per heavy atom. The quantitative estimate of drug-likeness (QED) is 0.758. The summed E-state index contributed by atoms with van der Waals surface area (Å²) in [6.07, 6.45) is 0. The number of carbonyl (C=O) groups is 1. The van der Waals surface area contributed by atoms with Crippen LogP contribution in [-0.2, 0) is 21.4 Å². The van der Waals surface area contributed by atoms with Gasteiger partial charge in [0.15, 0.2) is 0 Å². The van der Waals surface area contributed by atoms with Crippen molar-refractivity contribution >= 4 is 28.3 Å². The molecule has 1 amide bonds. The van der Waals surface area contributed by atoms with Gasteiger partial charge in [-0.25, -0.2) is 8.42 Å². The van der Waals surface area contributed by atoms with Gasteiger partial charge in [-0.15, -0.1) is 12.4 Å². The lowest BCUT2D eigenvalue weighted by atomic mass is 10.0. The second kappa shape index (κ2) is 8.63. The van der Waals surface area contributed by atoms with Crippen molar-refractivity contribution < 1.29 is 13.2 Å². The number of carbonyl (C=O) groups excluding carboxylic acids is 1. The summed E-state index contributed by atoms with van der Waals surface area (Å²) in [5.41, 5.74) is 0.888. The van der Waals surface area contributed by atoms with Gasteiger partial charge < -0.3 is 10.6 Å². The second-order valence-electron chi connectivity index (χ2n) is 5.31.